The van der Waals surface area contributed by atoms with E-state index in [0.717, 1.165) is 69.6 Å². The van der Waals surface area contributed by atoms with Crippen molar-refractivity contribution < 1.29 is 28.6 Å². The number of hydrogen-bond acceptors (Lipinski definition) is 6. The molecule has 0 aromatic carbocycles. The molecule has 0 saturated carbocycles. The van der Waals surface area contributed by atoms with E-state index >= 15 is 0 Å². The van der Waals surface area contributed by atoms with Gasteiger partial charge in [-0.3, -0.25) is 14.4 Å². The molecule has 0 N–H and O–H groups in total. The van der Waals surface area contributed by atoms with Crippen molar-refractivity contribution in [3.05, 3.63) is 0 Å². The maximum atomic E-state index is 12.7. The topological polar surface area (TPSA) is 78.9 Å². The summed E-state index contributed by atoms with van der Waals surface area (Å²) >= 11 is 0. The Labute approximate surface area is 329 Å². The van der Waals surface area contributed by atoms with Crippen molar-refractivity contribution in [3.63, 3.8) is 0 Å². The zero-order chi connectivity index (χ0) is 39.0. The SMILES string of the molecule is CCCCCCCCCCCCCC(=O)OC[C@H](COC(=O)CCCCCCCCCCCC(C)C)OC(=O)CCCCCCCCCCC(C)CC. The van der Waals surface area contributed by atoms with Crippen LogP contribution in [0.5, 0.6) is 0 Å². The smallest absolute Gasteiger partial charge is 0.306 e. The third-order valence-electron chi connectivity index (χ3n) is 10.8. The number of unbranched alkanes of at least 4 members (excludes halogenated alkanes) is 25. The van der Waals surface area contributed by atoms with Gasteiger partial charge in [-0.15, -0.1) is 0 Å². The normalized spacial score (nSPS) is 12.6. The number of rotatable bonds is 41. The van der Waals surface area contributed by atoms with E-state index in [4.69, 9.17) is 14.2 Å². The van der Waals surface area contributed by atoms with Gasteiger partial charge in [-0.05, 0) is 31.1 Å². The Kier molecular flexibility index (Phi) is 38.9. The Morgan fingerprint density at radius 2 is 0.717 bits per heavy atom. The highest BCUT2D eigenvalue weighted by Gasteiger charge is 2.19. The lowest BCUT2D eigenvalue weighted by atomic mass is 9.99. The summed E-state index contributed by atoms with van der Waals surface area (Å²) in [6.07, 6.45) is 37.9. The standard InChI is InChI=1S/C47H90O6/c1-6-8-9-10-11-12-13-16-22-27-32-37-45(48)51-40-44(53-47(50)39-34-29-24-19-18-21-26-31-36-43(5)7-2)41-52-46(49)38-33-28-23-17-14-15-20-25-30-35-42(3)4/h42-44H,6-41H2,1-5H3/t43?,44-/m1/s1. The van der Waals surface area contributed by atoms with Crippen LogP contribution in [-0.2, 0) is 28.6 Å². The van der Waals surface area contributed by atoms with Crippen molar-refractivity contribution in [1.82, 2.24) is 0 Å². The molecule has 0 radical (unpaired) electrons. The van der Waals surface area contributed by atoms with Gasteiger partial charge in [0, 0.05) is 19.3 Å². The van der Waals surface area contributed by atoms with E-state index in [1.807, 2.05) is 0 Å². The lowest BCUT2D eigenvalue weighted by Crippen LogP contribution is -2.30. The first kappa shape index (κ1) is 51.4. The number of ether oxygens (including phenoxy) is 3. The average molecular weight is 751 g/mol. The molecule has 6 nitrogen and oxygen atoms in total. The van der Waals surface area contributed by atoms with Crippen LogP contribution in [-0.4, -0.2) is 37.2 Å². The van der Waals surface area contributed by atoms with Gasteiger partial charge in [-0.1, -0.05) is 214 Å². The van der Waals surface area contributed by atoms with E-state index in [1.165, 1.54) is 141 Å². The average Bonchev–Trinajstić information content (AvgIpc) is 3.14. The molecule has 0 saturated heterocycles. The van der Waals surface area contributed by atoms with Gasteiger partial charge >= 0.3 is 17.9 Å². The number of carbonyl (C=O) groups excluding carboxylic acids is 3. The molecule has 0 spiro atoms. The minimum absolute atomic E-state index is 0.0651. The van der Waals surface area contributed by atoms with Crippen LogP contribution in [0.2, 0.25) is 0 Å². The molecule has 53 heavy (non-hydrogen) atoms. The highest BCUT2D eigenvalue weighted by molar-refractivity contribution is 5.71. The van der Waals surface area contributed by atoms with E-state index in [1.54, 1.807) is 0 Å². The second-order valence-corrected chi connectivity index (χ2v) is 16.8. The van der Waals surface area contributed by atoms with Gasteiger partial charge in [-0.25, -0.2) is 0 Å². The molecule has 0 aromatic rings. The highest BCUT2D eigenvalue weighted by Crippen LogP contribution is 2.17. The second-order valence-electron chi connectivity index (χ2n) is 16.8. The quantitative estimate of drug-likeness (QED) is 0.0352. The Bertz CT molecular complexity index is 811. The van der Waals surface area contributed by atoms with Gasteiger partial charge in [-0.2, -0.15) is 0 Å². The predicted molar refractivity (Wildman–Crippen MR) is 224 cm³/mol. The molecule has 1 unspecified atom stereocenters. The minimum atomic E-state index is -0.760. The van der Waals surface area contributed by atoms with E-state index < -0.39 is 6.10 Å². The van der Waals surface area contributed by atoms with Crippen molar-refractivity contribution in [3.8, 4) is 0 Å². The molecule has 0 aliphatic carbocycles. The molecular weight excluding hydrogens is 661 g/mol. The first-order valence-electron chi connectivity index (χ1n) is 23.3. The summed E-state index contributed by atoms with van der Waals surface area (Å²) in [4.78, 5) is 37.7. The van der Waals surface area contributed by atoms with Gasteiger partial charge in [0.05, 0.1) is 0 Å². The van der Waals surface area contributed by atoms with Crippen LogP contribution in [0, 0.1) is 11.8 Å². The van der Waals surface area contributed by atoms with Crippen molar-refractivity contribution in [2.45, 2.75) is 259 Å². The Balaban J connectivity index is 4.35. The van der Waals surface area contributed by atoms with Gasteiger partial charge in [0.15, 0.2) is 6.10 Å². The molecule has 0 aliphatic heterocycles. The summed E-state index contributed by atoms with van der Waals surface area (Å²) in [6, 6.07) is 0. The molecule has 0 amide bonds. The minimum Gasteiger partial charge on any atom is -0.462 e. The first-order chi connectivity index (χ1) is 25.8. The largest absolute Gasteiger partial charge is 0.462 e. The fraction of sp³-hybridized carbons (Fsp3) is 0.936. The van der Waals surface area contributed by atoms with Gasteiger partial charge in [0.2, 0.25) is 0 Å². The molecule has 0 rings (SSSR count). The molecular formula is C47H90O6. The fourth-order valence-corrected chi connectivity index (χ4v) is 6.90. The molecule has 6 heteroatoms. The lowest BCUT2D eigenvalue weighted by Gasteiger charge is -2.18. The van der Waals surface area contributed by atoms with Crippen LogP contribution >= 0.6 is 0 Å². The monoisotopic (exact) mass is 751 g/mol. The van der Waals surface area contributed by atoms with E-state index in [9.17, 15) is 14.4 Å². The first-order valence-corrected chi connectivity index (χ1v) is 23.3. The summed E-state index contributed by atoms with van der Waals surface area (Å²) in [5.74, 6) is 0.795. The molecule has 0 bridgehead atoms. The van der Waals surface area contributed by atoms with Crippen molar-refractivity contribution in [2.75, 3.05) is 13.2 Å². The second kappa shape index (κ2) is 40.1. The molecule has 0 aliphatic rings. The summed E-state index contributed by atoms with van der Waals surface area (Å²) in [7, 11) is 0. The molecule has 314 valence electrons. The fourth-order valence-electron chi connectivity index (χ4n) is 6.90. The van der Waals surface area contributed by atoms with E-state index in [0.29, 0.717) is 19.3 Å². The summed E-state index contributed by atoms with van der Waals surface area (Å²) in [6.45, 7) is 11.3. The third kappa shape index (κ3) is 39.9. The molecule has 0 heterocycles. The number of carbonyl (C=O) groups is 3. The molecule has 0 aromatic heterocycles. The van der Waals surface area contributed by atoms with Crippen LogP contribution in [0.1, 0.15) is 253 Å². The third-order valence-corrected chi connectivity index (χ3v) is 10.8. The zero-order valence-corrected chi connectivity index (χ0v) is 36.1. The van der Waals surface area contributed by atoms with E-state index in [-0.39, 0.29) is 31.1 Å². The Morgan fingerprint density at radius 1 is 0.396 bits per heavy atom. The van der Waals surface area contributed by atoms with Crippen molar-refractivity contribution in [2.24, 2.45) is 11.8 Å². The van der Waals surface area contributed by atoms with Crippen LogP contribution < -0.4 is 0 Å². The Morgan fingerprint density at radius 3 is 1.08 bits per heavy atom. The van der Waals surface area contributed by atoms with Crippen molar-refractivity contribution >= 4 is 17.9 Å². The van der Waals surface area contributed by atoms with Crippen LogP contribution in [0.25, 0.3) is 0 Å². The summed E-state index contributed by atoms with van der Waals surface area (Å²) in [5, 5.41) is 0. The van der Waals surface area contributed by atoms with Gasteiger partial charge in [0.25, 0.3) is 0 Å². The van der Waals surface area contributed by atoms with Gasteiger partial charge in [0.1, 0.15) is 13.2 Å². The number of esters is 3. The Hall–Kier alpha value is -1.59. The molecule has 0 fully saturated rings. The maximum absolute atomic E-state index is 12.7. The predicted octanol–water partition coefficient (Wildman–Crippen LogP) is 14.6. The maximum Gasteiger partial charge on any atom is 0.306 e. The van der Waals surface area contributed by atoms with Crippen LogP contribution in [0.3, 0.4) is 0 Å². The van der Waals surface area contributed by atoms with Crippen LogP contribution in [0.15, 0.2) is 0 Å². The lowest BCUT2D eigenvalue weighted by molar-refractivity contribution is -0.167. The van der Waals surface area contributed by atoms with Crippen LogP contribution in [0.4, 0.5) is 0 Å². The molecule has 2 atom stereocenters. The summed E-state index contributed by atoms with van der Waals surface area (Å²) in [5.41, 5.74) is 0. The summed E-state index contributed by atoms with van der Waals surface area (Å²) < 4.78 is 16.7. The van der Waals surface area contributed by atoms with Crippen molar-refractivity contribution in [1.29, 1.82) is 0 Å². The van der Waals surface area contributed by atoms with E-state index in [2.05, 4.69) is 34.6 Å². The number of hydrogen-bond donors (Lipinski definition) is 0. The zero-order valence-electron chi connectivity index (χ0n) is 36.1. The van der Waals surface area contributed by atoms with Gasteiger partial charge < -0.3 is 14.2 Å². The highest BCUT2D eigenvalue weighted by atomic mass is 16.6.